The minimum atomic E-state index is -0.104. The molecule has 0 atom stereocenters. The summed E-state index contributed by atoms with van der Waals surface area (Å²) in [7, 11) is 0. The van der Waals surface area contributed by atoms with Gasteiger partial charge in [0.2, 0.25) is 24.5 Å². The lowest BCUT2D eigenvalue weighted by atomic mass is 10.2. The molecule has 1 aliphatic heterocycles. The molecule has 8 heteroatoms. The van der Waals surface area contributed by atoms with Gasteiger partial charge in [-0.05, 0) is 48.7 Å². The van der Waals surface area contributed by atoms with Gasteiger partial charge in [-0.2, -0.15) is 0 Å². The van der Waals surface area contributed by atoms with E-state index < -0.39 is 0 Å². The number of fused-ring (bicyclic) bond motifs is 1. The standard InChI is InChI=1S/C22H18ClN3O4/c23-17-4-2-1-3-16(17)22-25-24-20(30-22)12-26(15-7-8-15)21(27)10-6-14-5-9-18-19(11-14)29-13-28-18/h1-6,9-11,15H,7-8,12-13H2/b10-6+. The van der Waals surface area contributed by atoms with Crippen LogP contribution < -0.4 is 9.47 Å². The first-order chi connectivity index (χ1) is 14.7. The first-order valence-corrected chi connectivity index (χ1v) is 10.0. The molecule has 2 aromatic carbocycles. The molecule has 1 amide bonds. The molecule has 0 N–H and O–H groups in total. The minimum Gasteiger partial charge on any atom is -0.454 e. The van der Waals surface area contributed by atoms with E-state index in [-0.39, 0.29) is 25.3 Å². The first-order valence-electron chi connectivity index (χ1n) is 9.63. The zero-order valence-electron chi connectivity index (χ0n) is 16.0. The fourth-order valence-corrected chi connectivity index (χ4v) is 3.48. The van der Waals surface area contributed by atoms with Crippen LogP contribution in [0.25, 0.3) is 17.5 Å². The molecule has 0 saturated heterocycles. The van der Waals surface area contributed by atoms with Crippen LogP contribution in [0.15, 0.2) is 53.0 Å². The summed E-state index contributed by atoms with van der Waals surface area (Å²) >= 11 is 6.20. The number of aromatic nitrogens is 2. The van der Waals surface area contributed by atoms with E-state index in [1.165, 1.54) is 0 Å². The number of hydrogen-bond acceptors (Lipinski definition) is 6. The molecule has 1 saturated carbocycles. The highest BCUT2D eigenvalue weighted by Crippen LogP contribution is 2.33. The van der Waals surface area contributed by atoms with Crippen LogP contribution in [0.1, 0.15) is 24.3 Å². The van der Waals surface area contributed by atoms with E-state index in [1.807, 2.05) is 36.4 Å². The van der Waals surface area contributed by atoms with Crippen molar-refractivity contribution in [2.45, 2.75) is 25.4 Å². The molecular formula is C22H18ClN3O4. The zero-order chi connectivity index (χ0) is 20.5. The third-order valence-corrected chi connectivity index (χ3v) is 5.29. The van der Waals surface area contributed by atoms with Crippen molar-refractivity contribution in [3.8, 4) is 23.0 Å². The molecule has 1 fully saturated rings. The van der Waals surface area contributed by atoms with Gasteiger partial charge in [0.25, 0.3) is 0 Å². The van der Waals surface area contributed by atoms with Gasteiger partial charge in [-0.3, -0.25) is 4.79 Å². The van der Waals surface area contributed by atoms with Crippen molar-refractivity contribution in [2.24, 2.45) is 0 Å². The zero-order valence-corrected chi connectivity index (χ0v) is 16.7. The van der Waals surface area contributed by atoms with Crippen LogP contribution in [0.5, 0.6) is 11.5 Å². The van der Waals surface area contributed by atoms with Crippen LogP contribution in [-0.4, -0.2) is 33.8 Å². The highest BCUT2D eigenvalue weighted by Gasteiger charge is 2.33. The largest absolute Gasteiger partial charge is 0.454 e. The van der Waals surface area contributed by atoms with Gasteiger partial charge in [0.15, 0.2) is 11.5 Å². The van der Waals surface area contributed by atoms with Crippen molar-refractivity contribution in [1.82, 2.24) is 15.1 Å². The van der Waals surface area contributed by atoms with Gasteiger partial charge in [0, 0.05) is 12.1 Å². The molecule has 1 aliphatic carbocycles. The molecule has 0 radical (unpaired) electrons. The summed E-state index contributed by atoms with van der Waals surface area (Å²) in [5, 5.41) is 8.72. The SMILES string of the molecule is O=C(/C=C/c1ccc2c(c1)OCO2)N(Cc1nnc(-c2ccccc2Cl)o1)C1CC1. The highest BCUT2D eigenvalue weighted by molar-refractivity contribution is 6.33. The van der Waals surface area contributed by atoms with Gasteiger partial charge in [-0.1, -0.05) is 29.8 Å². The summed E-state index contributed by atoms with van der Waals surface area (Å²) < 4.78 is 16.5. The molecule has 0 unspecified atom stereocenters. The number of rotatable bonds is 6. The average Bonchev–Trinajstić information content (AvgIpc) is 3.30. The van der Waals surface area contributed by atoms with Gasteiger partial charge >= 0.3 is 0 Å². The summed E-state index contributed by atoms with van der Waals surface area (Å²) in [4.78, 5) is 14.6. The summed E-state index contributed by atoms with van der Waals surface area (Å²) in [6.45, 7) is 0.476. The first kappa shape index (κ1) is 18.7. The van der Waals surface area contributed by atoms with Crippen LogP contribution >= 0.6 is 11.6 Å². The van der Waals surface area contributed by atoms with Gasteiger partial charge < -0.3 is 18.8 Å². The van der Waals surface area contributed by atoms with Crippen molar-refractivity contribution in [3.05, 3.63) is 65.0 Å². The molecule has 30 heavy (non-hydrogen) atoms. The number of amides is 1. The Balaban J connectivity index is 1.30. The van der Waals surface area contributed by atoms with Crippen molar-refractivity contribution >= 4 is 23.6 Å². The normalized spacial score (nSPS) is 15.0. The van der Waals surface area contributed by atoms with E-state index in [9.17, 15) is 4.79 Å². The number of hydrogen-bond donors (Lipinski definition) is 0. The lowest BCUT2D eigenvalue weighted by molar-refractivity contribution is -0.127. The number of carbonyl (C=O) groups is 1. The molecule has 0 bridgehead atoms. The van der Waals surface area contributed by atoms with E-state index in [0.29, 0.717) is 33.9 Å². The van der Waals surface area contributed by atoms with Crippen LogP contribution in [0, 0.1) is 0 Å². The Bertz CT molecular complexity index is 1120. The Labute approximate surface area is 177 Å². The molecule has 152 valence electrons. The molecule has 1 aromatic heterocycles. The van der Waals surface area contributed by atoms with Crippen molar-refractivity contribution < 1.29 is 18.7 Å². The second kappa shape index (κ2) is 7.84. The minimum absolute atomic E-state index is 0.104. The molecule has 2 aliphatic rings. The van der Waals surface area contributed by atoms with Gasteiger partial charge in [-0.15, -0.1) is 10.2 Å². The quantitative estimate of drug-likeness (QED) is 0.549. The van der Waals surface area contributed by atoms with E-state index in [2.05, 4.69) is 10.2 Å². The smallest absolute Gasteiger partial charge is 0.249 e. The van der Waals surface area contributed by atoms with Crippen LogP contribution in [0.3, 0.4) is 0 Å². The maximum Gasteiger partial charge on any atom is 0.249 e. The topological polar surface area (TPSA) is 77.7 Å². The second-order valence-electron chi connectivity index (χ2n) is 7.12. The average molecular weight is 424 g/mol. The summed E-state index contributed by atoms with van der Waals surface area (Å²) in [5.41, 5.74) is 1.53. The molecule has 5 rings (SSSR count). The van der Waals surface area contributed by atoms with E-state index in [4.69, 9.17) is 25.5 Å². The number of ether oxygens (including phenoxy) is 2. The van der Waals surface area contributed by atoms with Gasteiger partial charge in [-0.25, -0.2) is 0 Å². The fourth-order valence-electron chi connectivity index (χ4n) is 3.26. The Morgan fingerprint density at radius 1 is 1.13 bits per heavy atom. The van der Waals surface area contributed by atoms with E-state index in [1.54, 1.807) is 23.1 Å². The Morgan fingerprint density at radius 3 is 2.80 bits per heavy atom. The third kappa shape index (κ3) is 3.89. The Kier molecular flexibility index (Phi) is 4.88. The predicted octanol–water partition coefficient (Wildman–Crippen LogP) is 4.32. The Hall–Kier alpha value is -3.32. The predicted molar refractivity (Wildman–Crippen MR) is 110 cm³/mol. The van der Waals surface area contributed by atoms with Crippen LogP contribution in [0.2, 0.25) is 5.02 Å². The van der Waals surface area contributed by atoms with Gasteiger partial charge in [0.1, 0.15) is 0 Å². The third-order valence-electron chi connectivity index (χ3n) is 4.96. The van der Waals surface area contributed by atoms with E-state index in [0.717, 1.165) is 18.4 Å². The van der Waals surface area contributed by atoms with Crippen LogP contribution in [0.4, 0.5) is 0 Å². The monoisotopic (exact) mass is 423 g/mol. The van der Waals surface area contributed by atoms with Crippen LogP contribution in [-0.2, 0) is 11.3 Å². The molecular weight excluding hydrogens is 406 g/mol. The molecule has 0 spiro atoms. The summed E-state index contributed by atoms with van der Waals surface area (Å²) in [5.74, 6) is 2.01. The second-order valence-corrected chi connectivity index (χ2v) is 7.53. The lowest BCUT2D eigenvalue weighted by Crippen LogP contribution is -2.31. The maximum absolute atomic E-state index is 12.8. The fraction of sp³-hybridized carbons (Fsp3) is 0.227. The molecule has 2 heterocycles. The van der Waals surface area contributed by atoms with E-state index >= 15 is 0 Å². The van der Waals surface area contributed by atoms with Crippen molar-refractivity contribution in [2.75, 3.05) is 6.79 Å². The number of halogens is 1. The van der Waals surface area contributed by atoms with Gasteiger partial charge in [0.05, 0.1) is 17.1 Å². The Morgan fingerprint density at radius 2 is 1.97 bits per heavy atom. The number of benzene rings is 2. The summed E-state index contributed by atoms with van der Waals surface area (Å²) in [6.07, 6.45) is 5.26. The number of carbonyl (C=O) groups excluding carboxylic acids is 1. The maximum atomic E-state index is 12.8. The molecule has 3 aromatic rings. The molecule has 7 nitrogen and oxygen atoms in total. The van der Waals surface area contributed by atoms with Crippen molar-refractivity contribution in [1.29, 1.82) is 0 Å². The number of nitrogens with zero attached hydrogens (tertiary/aromatic N) is 3. The highest BCUT2D eigenvalue weighted by atomic mass is 35.5. The summed E-state index contributed by atoms with van der Waals surface area (Å²) in [6, 6.07) is 13.0. The lowest BCUT2D eigenvalue weighted by Gasteiger charge is -2.18. The van der Waals surface area contributed by atoms with Crippen molar-refractivity contribution in [3.63, 3.8) is 0 Å².